The van der Waals surface area contributed by atoms with Gasteiger partial charge in [-0.15, -0.1) is 11.3 Å². The van der Waals surface area contributed by atoms with E-state index in [0.29, 0.717) is 5.75 Å². The van der Waals surface area contributed by atoms with Crippen LogP contribution in [0.3, 0.4) is 0 Å². The number of anilines is 2. The molecule has 7 heteroatoms. The lowest BCUT2D eigenvalue weighted by Crippen LogP contribution is -2.32. The molecule has 1 aliphatic rings. The maximum Gasteiger partial charge on any atom is 0.234 e. The summed E-state index contributed by atoms with van der Waals surface area (Å²) in [7, 11) is 0. The van der Waals surface area contributed by atoms with Crippen LogP contribution in [0, 0.1) is 19.8 Å². The minimum absolute atomic E-state index is 0.0223. The van der Waals surface area contributed by atoms with Crippen LogP contribution in [0.4, 0.5) is 11.4 Å². The lowest BCUT2D eigenvalue weighted by Gasteiger charge is -2.32. The number of fused-ring (bicyclic) bond motifs is 1. The summed E-state index contributed by atoms with van der Waals surface area (Å²) < 4.78 is 0. The molecule has 0 atom stereocenters. The lowest BCUT2D eigenvalue weighted by molar-refractivity contribution is -0.113. The minimum Gasteiger partial charge on any atom is -0.372 e. The molecule has 1 amide bonds. The van der Waals surface area contributed by atoms with E-state index in [-0.39, 0.29) is 5.91 Å². The Kier molecular flexibility index (Phi) is 6.06. The molecule has 3 aromatic rings. The molecule has 0 unspecified atom stereocenters. The summed E-state index contributed by atoms with van der Waals surface area (Å²) in [6.07, 6.45) is 4.07. The number of thiophene rings is 1. The summed E-state index contributed by atoms with van der Waals surface area (Å²) in [5, 5.41) is 4.95. The average molecular weight is 427 g/mol. The van der Waals surface area contributed by atoms with Crippen LogP contribution in [-0.2, 0) is 4.79 Å². The highest BCUT2D eigenvalue weighted by atomic mass is 32.2. The van der Waals surface area contributed by atoms with Crippen LogP contribution >= 0.6 is 23.1 Å². The molecule has 1 aromatic carbocycles. The van der Waals surface area contributed by atoms with Crippen molar-refractivity contribution in [2.24, 2.45) is 5.92 Å². The molecule has 0 radical (unpaired) electrons. The topological polar surface area (TPSA) is 58.1 Å². The molecular weight excluding hydrogens is 400 g/mol. The first-order valence-electron chi connectivity index (χ1n) is 9.99. The van der Waals surface area contributed by atoms with Crippen molar-refractivity contribution >= 4 is 50.6 Å². The smallest absolute Gasteiger partial charge is 0.234 e. The number of carbonyl (C=O) groups excluding carboxylic acids is 1. The maximum absolute atomic E-state index is 12.5. The Balaban J connectivity index is 1.35. The molecule has 2 aromatic heterocycles. The number of hydrogen-bond donors (Lipinski definition) is 1. The Bertz CT molecular complexity index is 1010. The van der Waals surface area contributed by atoms with Crippen LogP contribution in [0.1, 0.15) is 30.2 Å². The van der Waals surface area contributed by atoms with E-state index in [1.165, 1.54) is 40.7 Å². The van der Waals surface area contributed by atoms with E-state index in [1.807, 2.05) is 12.1 Å². The zero-order valence-electron chi connectivity index (χ0n) is 17.1. The van der Waals surface area contributed by atoms with E-state index < -0.39 is 0 Å². The molecule has 0 aliphatic carbocycles. The summed E-state index contributed by atoms with van der Waals surface area (Å²) in [6.45, 7) is 8.72. The standard InChI is InChI=1S/C22H26N4OS2/c1-14-8-10-26(11-9-14)18-6-4-17(5-7-18)25-19(27)12-28-21-20-15(2)16(3)29-22(20)24-13-23-21/h4-7,13-14H,8-12H2,1-3H3,(H,25,27). The molecule has 29 heavy (non-hydrogen) atoms. The summed E-state index contributed by atoms with van der Waals surface area (Å²) in [6, 6.07) is 8.19. The van der Waals surface area contributed by atoms with E-state index >= 15 is 0 Å². The van der Waals surface area contributed by atoms with Gasteiger partial charge in [-0.1, -0.05) is 18.7 Å². The van der Waals surface area contributed by atoms with Gasteiger partial charge in [-0.3, -0.25) is 4.79 Å². The third kappa shape index (κ3) is 4.56. The van der Waals surface area contributed by atoms with Gasteiger partial charge in [0, 0.05) is 34.7 Å². The van der Waals surface area contributed by atoms with Crippen molar-refractivity contribution in [2.45, 2.75) is 38.6 Å². The quantitative estimate of drug-likeness (QED) is 0.445. The van der Waals surface area contributed by atoms with Gasteiger partial charge in [-0.05, 0) is 62.4 Å². The van der Waals surface area contributed by atoms with E-state index in [9.17, 15) is 4.79 Å². The van der Waals surface area contributed by atoms with Crippen molar-refractivity contribution in [3.63, 3.8) is 0 Å². The largest absolute Gasteiger partial charge is 0.372 e. The first-order valence-corrected chi connectivity index (χ1v) is 11.8. The van der Waals surface area contributed by atoms with Gasteiger partial charge in [0.15, 0.2) is 0 Å². The molecular formula is C22H26N4OS2. The van der Waals surface area contributed by atoms with Gasteiger partial charge < -0.3 is 10.2 Å². The molecule has 152 valence electrons. The first kappa shape index (κ1) is 20.2. The van der Waals surface area contributed by atoms with Gasteiger partial charge in [0.1, 0.15) is 16.2 Å². The van der Waals surface area contributed by atoms with Crippen LogP contribution in [0.25, 0.3) is 10.2 Å². The van der Waals surface area contributed by atoms with E-state index in [2.05, 4.69) is 53.1 Å². The predicted molar refractivity (Wildman–Crippen MR) is 123 cm³/mol. The molecule has 0 bridgehead atoms. The fourth-order valence-corrected chi connectivity index (χ4v) is 5.53. The number of thioether (sulfide) groups is 1. The second-order valence-electron chi connectivity index (χ2n) is 7.70. The molecule has 3 heterocycles. The molecule has 1 N–H and O–H groups in total. The van der Waals surface area contributed by atoms with Crippen LogP contribution in [0.5, 0.6) is 0 Å². The van der Waals surface area contributed by atoms with Gasteiger partial charge in [-0.2, -0.15) is 0 Å². The van der Waals surface area contributed by atoms with Crippen LogP contribution < -0.4 is 10.2 Å². The third-order valence-electron chi connectivity index (χ3n) is 5.57. The van der Waals surface area contributed by atoms with E-state index in [1.54, 1.807) is 17.7 Å². The zero-order chi connectivity index (χ0) is 20.4. The normalized spacial score (nSPS) is 15.1. The molecule has 1 fully saturated rings. The second-order valence-corrected chi connectivity index (χ2v) is 9.86. The number of aryl methyl sites for hydroxylation is 2. The third-order valence-corrected chi connectivity index (χ3v) is 7.68. The highest BCUT2D eigenvalue weighted by Gasteiger charge is 2.16. The number of rotatable bonds is 5. The number of piperidine rings is 1. The van der Waals surface area contributed by atoms with E-state index in [4.69, 9.17) is 0 Å². The lowest BCUT2D eigenvalue weighted by atomic mass is 9.99. The summed E-state index contributed by atoms with van der Waals surface area (Å²) in [4.78, 5) is 25.9. The SMILES string of the molecule is Cc1sc2ncnc(SCC(=O)Nc3ccc(N4CCC(C)CC4)cc3)c2c1C. The van der Waals surface area contributed by atoms with Crippen molar-refractivity contribution in [1.82, 2.24) is 9.97 Å². The Morgan fingerprint density at radius 1 is 1.21 bits per heavy atom. The molecule has 0 saturated carbocycles. The van der Waals surface area contributed by atoms with E-state index in [0.717, 1.165) is 39.9 Å². The van der Waals surface area contributed by atoms with Crippen molar-refractivity contribution in [3.05, 3.63) is 41.0 Å². The molecule has 1 aliphatic heterocycles. The second kappa shape index (κ2) is 8.71. The predicted octanol–water partition coefficient (Wildman–Crippen LogP) is 5.28. The number of nitrogens with one attached hydrogen (secondary N) is 1. The molecule has 0 spiro atoms. The van der Waals surface area contributed by atoms with Crippen molar-refractivity contribution in [3.8, 4) is 0 Å². The fraction of sp³-hybridized carbons (Fsp3) is 0.409. The minimum atomic E-state index is -0.0223. The monoisotopic (exact) mass is 426 g/mol. The zero-order valence-corrected chi connectivity index (χ0v) is 18.7. The Morgan fingerprint density at radius 2 is 1.93 bits per heavy atom. The number of nitrogens with zero attached hydrogens (tertiary/aromatic N) is 3. The maximum atomic E-state index is 12.5. The number of hydrogen-bond acceptors (Lipinski definition) is 6. The number of carbonyl (C=O) groups is 1. The van der Waals surface area contributed by atoms with Crippen LogP contribution in [0.15, 0.2) is 35.6 Å². The number of aromatic nitrogens is 2. The first-order chi connectivity index (χ1) is 14.0. The average Bonchev–Trinajstić information content (AvgIpc) is 3.02. The van der Waals surface area contributed by atoms with Gasteiger partial charge in [0.25, 0.3) is 0 Å². The summed E-state index contributed by atoms with van der Waals surface area (Å²) in [5.74, 6) is 1.12. The Morgan fingerprint density at radius 3 is 2.66 bits per heavy atom. The summed E-state index contributed by atoms with van der Waals surface area (Å²) >= 11 is 3.14. The van der Waals surface area contributed by atoms with Gasteiger partial charge in [-0.25, -0.2) is 9.97 Å². The summed E-state index contributed by atoms with van der Waals surface area (Å²) in [5.41, 5.74) is 3.27. The van der Waals surface area contributed by atoms with Gasteiger partial charge >= 0.3 is 0 Å². The van der Waals surface area contributed by atoms with Crippen molar-refractivity contribution in [1.29, 1.82) is 0 Å². The van der Waals surface area contributed by atoms with Crippen molar-refractivity contribution < 1.29 is 4.79 Å². The number of benzene rings is 1. The van der Waals surface area contributed by atoms with Crippen molar-refractivity contribution in [2.75, 3.05) is 29.1 Å². The van der Waals surface area contributed by atoms with Crippen LogP contribution in [-0.4, -0.2) is 34.7 Å². The molecule has 4 rings (SSSR count). The number of amides is 1. The molecule has 1 saturated heterocycles. The Labute approximate surface area is 179 Å². The molecule has 5 nitrogen and oxygen atoms in total. The van der Waals surface area contributed by atoms with Gasteiger partial charge in [0.2, 0.25) is 5.91 Å². The Hall–Kier alpha value is -2.12. The highest BCUT2D eigenvalue weighted by molar-refractivity contribution is 8.00. The fourth-order valence-electron chi connectivity index (χ4n) is 3.61. The van der Waals surface area contributed by atoms with Gasteiger partial charge in [0.05, 0.1) is 5.75 Å². The highest BCUT2D eigenvalue weighted by Crippen LogP contribution is 2.34. The van der Waals surface area contributed by atoms with Crippen LogP contribution in [0.2, 0.25) is 0 Å².